The molecule has 1 rings (SSSR count). The fraction of sp³-hybridized carbons (Fsp3) is 0.167. The van der Waals surface area contributed by atoms with E-state index < -0.39 is 10.9 Å². The molecule has 0 saturated carbocycles. The van der Waals surface area contributed by atoms with Crippen molar-refractivity contribution >= 4 is 16.7 Å². The Morgan fingerprint density at radius 2 is 2.36 bits per heavy atom. The predicted octanol–water partition coefficient (Wildman–Crippen LogP) is -0.156. The standard InChI is InChI=1S/C6H7N2O2S/c1-8(11(9)10)6-4-2-3-5-7-6/h3-5,11H,1H3. The van der Waals surface area contributed by atoms with Crippen molar-refractivity contribution in [3.05, 3.63) is 24.4 Å². The van der Waals surface area contributed by atoms with Gasteiger partial charge in [0, 0.05) is 13.2 Å². The van der Waals surface area contributed by atoms with Crippen LogP contribution in [0.4, 0.5) is 5.82 Å². The van der Waals surface area contributed by atoms with Crippen molar-refractivity contribution < 1.29 is 8.42 Å². The molecular weight excluding hydrogens is 164 g/mol. The molecule has 1 radical (unpaired) electrons. The van der Waals surface area contributed by atoms with E-state index in [0.29, 0.717) is 5.82 Å². The van der Waals surface area contributed by atoms with Gasteiger partial charge in [-0.05, 0) is 18.2 Å². The summed E-state index contributed by atoms with van der Waals surface area (Å²) in [5.41, 5.74) is 0. The number of hydrogen-bond acceptors (Lipinski definition) is 3. The Hall–Kier alpha value is -1.10. The summed E-state index contributed by atoms with van der Waals surface area (Å²) in [6, 6.07) is 5.84. The van der Waals surface area contributed by atoms with Crippen molar-refractivity contribution in [2.45, 2.75) is 0 Å². The maximum atomic E-state index is 10.4. The maximum Gasteiger partial charge on any atom is 0.225 e. The van der Waals surface area contributed by atoms with Gasteiger partial charge < -0.3 is 0 Å². The molecule has 11 heavy (non-hydrogen) atoms. The van der Waals surface area contributed by atoms with Crippen LogP contribution in [0.15, 0.2) is 18.3 Å². The number of thiol groups is 1. The SMILES string of the molecule is CN(c1c[c]ccn1)[SH](=O)=O. The second-order valence-electron chi connectivity index (χ2n) is 1.88. The molecule has 0 fully saturated rings. The summed E-state index contributed by atoms with van der Waals surface area (Å²) in [4.78, 5) is 3.81. The fourth-order valence-corrected chi connectivity index (χ4v) is 0.854. The second kappa shape index (κ2) is 3.34. The molecule has 5 heteroatoms. The third-order valence-electron chi connectivity index (χ3n) is 1.17. The van der Waals surface area contributed by atoms with Crippen molar-refractivity contribution in [2.75, 3.05) is 11.4 Å². The Kier molecular flexibility index (Phi) is 2.43. The lowest BCUT2D eigenvalue weighted by Gasteiger charge is -2.07. The quantitative estimate of drug-likeness (QED) is 0.629. The summed E-state index contributed by atoms with van der Waals surface area (Å²) in [5, 5.41) is 0. The van der Waals surface area contributed by atoms with E-state index >= 15 is 0 Å². The van der Waals surface area contributed by atoms with Crippen LogP contribution in [0.2, 0.25) is 0 Å². The van der Waals surface area contributed by atoms with Crippen LogP contribution in [-0.2, 0) is 10.9 Å². The number of aromatic nitrogens is 1. The van der Waals surface area contributed by atoms with Crippen LogP contribution in [-0.4, -0.2) is 20.4 Å². The summed E-state index contributed by atoms with van der Waals surface area (Å²) in [5.74, 6) is 0.378. The normalized spacial score (nSPS) is 10.0. The van der Waals surface area contributed by atoms with Gasteiger partial charge in [-0.1, -0.05) is 0 Å². The van der Waals surface area contributed by atoms with E-state index in [1.165, 1.54) is 19.3 Å². The molecule has 1 aromatic rings. The molecule has 1 heterocycles. The van der Waals surface area contributed by atoms with Gasteiger partial charge in [-0.2, -0.15) is 0 Å². The molecule has 0 bridgehead atoms. The Labute approximate surface area is 66.6 Å². The zero-order valence-electron chi connectivity index (χ0n) is 5.89. The highest BCUT2D eigenvalue weighted by molar-refractivity contribution is 7.74. The van der Waals surface area contributed by atoms with Crippen molar-refractivity contribution in [2.24, 2.45) is 0 Å². The van der Waals surface area contributed by atoms with Gasteiger partial charge in [0.25, 0.3) is 0 Å². The first-order valence-corrected chi connectivity index (χ1v) is 4.05. The van der Waals surface area contributed by atoms with Gasteiger partial charge >= 0.3 is 0 Å². The van der Waals surface area contributed by atoms with Crippen molar-refractivity contribution in [3.8, 4) is 0 Å². The van der Waals surface area contributed by atoms with E-state index in [1.54, 1.807) is 6.07 Å². The third kappa shape index (κ3) is 1.91. The topological polar surface area (TPSA) is 50.3 Å². The van der Waals surface area contributed by atoms with Gasteiger partial charge in [0.2, 0.25) is 10.9 Å². The molecule has 0 saturated heterocycles. The number of nitrogens with zero attached hydrogens (tertiary/aromatic N) is 2. The van der Waals surface area contributed by atoms with Gasteiger partial charge in [0.1, 0.15) is 5.82 Å². The molecule has 0 spiro atoms. The molecule has 0 aliphatic rings. The third-order valence-corrected chi connectivity index (χ3v) is 1.86. The number of hydrogen-bond donors (Lipinski definition) is 1. The number of rotatable bonds is 2. The smallest absolute Gasteiger partial charge is 0.225 e. The average Bonchev–Trinajstić information content (AvgIpc) is 2.05. The molecule has 0 N–H and O–H groups in total. The molecule has 59 valence electrons. The number of anilines is 1. The minimum absolute atomic E-state index is 0.378. The highest BCUT2D eigenvalue weighted by Crippen LogP contribution is 2.04. The highest BCUT2D eigenvalue weighted by atomic mass is 32.2. The van der Waals surface area contributed by atoms with Crippen molar-refractivity contribution in [1.82, 2.24) is 4.98 Å². The summed E-state index contributed by atoms with van der Waals surface area (Å²) in [6.07, 6.45) is 1.49. The van der Waals surface area contributed by atoms with E-state index in [2.05, 4.69) is 11.1 Å². The second-order valence-corrected chi connectivity index (χ2v) is 2.95. The fourth-order valence-electron chi connectivity index (χ4n) is 0.577. The van der Waals surface area contributed by atoms with Crippen LogP contribution in [0.25, 0.3) is 0 Å². The molecule has 0 amide bonds. The van der Waals surface area contributed by atoms with Crippen LogP contribution in [0.5, 0.6) is 0 Å². The first kappa shape index (κ1) is 8.00. The van der Waals surface area contributed by atoms with E-state index in [1.807, 2.05) is 0 Å². The molecule has 0 aliphatic heterocycles. The lowest BCUT2D eigenvalue weighted by molar-refractivity contribution is 0.612. The minimum Gasteiger partial charge on any atom is -0.259 e. The molecule has 0 aromatic carbocycles. The molecule has 4 nitrogen and oxygen atoms in total. The summed E-state index contributed by atoms with van der Waals surface area (Å²) in [7, 11) is -1.15. The zero-order valence-corrected chi connectivity index (χ0v) is 6.78. The van der Waals surface area contributed by atoms with E-state index in [4.69, 9.17) is 0 Å². The van der Waals surface area contributed by atoms with E-state index in [-0.39, 0.29) is 0 Å². The average molecular weight is 171 g/mol. The minimum atomic E-state index is -2.59. The predicted molar refractivity (Wildman–Crippen MR) is 41.8 cm³/mol. The first-order valence-electron chi connectivity index (χ1n) is 2.92. The lowest BCUT2D eigenvalue weighted by atomic mass is 10.5. The van der Waals surface area contributed by atoms with Crippen LogP contribution in [0.1, 0.15) is 0 Å². The van der Waals surface area contributed by atoms with Crippen LogP contribution < -0.4 is 4.31 Å². The molecular formula is C6H7N2O2S. The first-order chi connectivity index (χ1) is 5.22. The Balaban J connectivity index is 2.94. The van der Waals surface area contributed by atoms with E-state index in [9.17, 15) is 8.42 Å². The van der Waals surface area contributed by atoms with Crippen molar-refractivity contribution in [3.63, 3.8) is 0 Å². The lowest BCUT2D eigenvalue weighted by Crippen LogP contribution is -2.15. The van der Waals surface area contributed by atoms with Crippen LogP contribution in [0, 0.1) is 6.07 Å². The monoisotopic (exact) mass is 171 g/mol. The van der Waals surface area contributed by atoms with Gasteiger partial charge in [0.05, 0.1) is 0 Å². The maximum absolute atomic E-state index is 10.4. The molecule has 1 aromatic heterocycles. The van der Waals surface area contributed by atoms with Gasteiger partial charge in [-0.3, -0.25) is 4.31 Å². The Morgan fingerprint density at radius 1 is 1.64 bits per heavy atom. The summed E-state index contributed by atoms with van der Waals surface area (Å²) >= 11 is 0. The van der Waals surface area contributed by atoms with Crippen LogP contribution in [0.3, 0.4) is 0 Å². The number of pyridine rings is 1. The summed E-state index contributed by atoms with van der Waals surface area (Å²) in [6.45, 7) is 0. The molecule has 0 aliphatic carbocycles. The largest absolute Gasteiger partial charge is 0.259 e. The molecule has 0 unspecified atom stereocenters. The van der Waals surface area contributed by atoms with Gasteiger partial charge in [-0.15, -0.1) is 0 Å². The zero-order chi connectivity index (χ0) is 8.27. The van der Waals surface area contributed by atoms with Crippen molar-refractivity contribution in [1.29, 1.82) is 0 Å². The molecule has 0 atom stereocenters. The Morgan fingerprint density at radius 3 is 2.82 bits per heavy atom. The Bertz CT molecular complexity index is 289. The summed E-state index contributed by atoms with van der Waals surface area (Å²) < 4.78 is 21.9. The van der Waals surface area contributed by atoms with Crippen LogP contribution >= 0.6 is 0 Å². The van der Waals surface area contributed by atoms with E-state index in [0.717, 1.165) is 4.31 Å². The van der Waals surface area contributed by atoms with Gasteiger partial charge in [-0.25, -0.2) is 13.4 Å². The van der Waals surface area contributed by atoms with Gasteiger partial charge in [0.15, 0.2) is 0 Å². The highest BCUT2D eigenvalue weighted by Gasteiger charge is 2.00.